The van der Waals surface area contributed by atoms with Crippen LogP contribution in [-0.4, -0.2) is 33.7 Å². The van der Waals surface area contributed by atoms with Gasteiger partial charge >= 0.3 is 11.9 Å². The van der Waals surface area contributed by atoms with E-state index in [2.05, 4.69) is 0 Å². The number of carboxylic acids is 2. The molecule has 0 aliphatic rings. The van der Waals surface area contributed by atoms with Gasteiger partial charge in [0.25, 0.3) is 11.6 Å². The normalized spacial score (nSPS) is 9.50. The van der Waals surface area contributed by atoms with Crippen LogP contribution >= 0.6 is 0 Å². The van der Waals surface area contributed by atoms with Gasteiger partial charge in [-0.05, 0) is 0 Å². The summed E-state index contributed by atoms with van der Waals surface area (Å²) in [4.78, 5) is 43.2. The topological polar surface area (TPSA) is 109 Å². The first kappa shape index (κ1) is 11.6. The van der Waals surface area contributed by atoms with Gasteiger partial charge in [0.15, 0.2) is 0 Å². The van der Waals surface area contributed by atoms with Gasteiger partial charge in [0, 0.05) is 11.1 Å². The minimum atomic E-state index is -1.74. The van der Waals surface area contributed by atoms with Crippen LogP contribution in [0.1, 0.15) is 20.7 Å². The van der Waals surface area contributed by atoms with Crippen LogP contribution in [0.2, 0.25) is 0 Å². The molecule has 0 aromatic heterocycles. The molecule has 2 N–H and O–H groups in total. The van der Waals surface area contributed by atoms with Gasteiger partial charge < -0.3 is 10.2 Å². The molecule has 6 heteroatoms. The Kier molecular flexibility index (Phi) is 3.14. The van der Waals surface area contributed by atoms with Crippen molar-refractivity contribution in [3.05, 3.63) is 35.4 Å². The van der Waals surface area contributed by atoms with E-state index >= 15 is 0 Å². The molecule has 0 heterocycles. The van der Waals surface area contributed by atoms with Crippen molar-refractivity contribution in [1.82, 2.24) is 0 Å². The summed E-state index contributed by atoms with van der Waals surface area (Å²) in [6, 6.07) is 4.86. The molecule has 16 heavy (non-hydrogen) atoms. The smallest absolute Gasteiger partial charge is 0.377 e. The molecule has 0 atom stereocenters. The van der Waals surface area contributed by atoms with Crippen LogP contribution in [0.5, 0.6) is 0 Å². The van der Waals surface area contributed by atoms with Crippen molar-refractivity contribution in [1.29, 1.82) is 0 Å². The molecule has 0 radical (unpaired) electrons. The number of benzene rings is 1. The lowest BCUT2D eigenvalue weighted by Gasteiger charge is -2.02. The number of carboxylic acid groups (broad SMARTS) is 2. The number of aliphatic carboxylic acids is 2. The summed E-state index contributed by atoms with van der Waals surface area (Å²) in [7, 11) is 0. The summed E-state index contributed by atoms with van der Waals surface area (Å²) in [5, 5.41) is 16.9. The van der Waals surface area contributed by atoms with Crippen LogP contribution in [0, 0.1) is 0 Å². The minimum absolute atomic E-state index is 0.428. The van der Waals surface area contributed by atoms with Crippen LogP contribution in [0.3, 0.4) is 0 Å². The zero-order valence-electron chi connectivity index (χ0n) is 7.84. The molecule has 0 aliphatic heterocycles. The van der Waals surface area contributed by atoms with Crippen LogP contribution in [-0.2, 0) is 9.59 Å². The molecular weight excluding hydrogens is 216 g/mol. The minimum Gasteiger partial charge on any atom is -0.475 e. The third kappa shape index (κ3) is 2.11. The second kappa shape index (κ2) is 4.35. The molecule has 0 fully saturated rings. The Bertz CT molecular complexity index is 443. The summed E-state index contributed by atoms with van der Waals surface area (Å²) >= 11 is 0. The number of carbonyl (C=O) groups excluding carboxylic acids is 2. The monoisotopic (exact) mass is 222 g/mol. The predicted octanol–water partition coefficient (Wildman–Crippen LogP) is 0.221. The van der Waals surface area contributed by atoms with Gasteiger partial charge in [0.2, 0.25) is 0 Å². The molecule has 1 aromatic rings. The van der Waals surface area contributed by atoms with Gasteiger partial charge in [0.1, 0.15) is 0 Å². The molecule has 0 bridgehead atoms. The second-order valence-corrected chi connectivity index (χ2v) is 2.81. The zero-order valence-corrected chi connectivity index (χ0v) is 7.84. The number of carbonyl (C=O) groups is 4. The molecule has 6 nitrogen and oxygen atoms in total. The van der Waals surface area contributed by atoms with Crippen LogP contribution in [0.15, 0.2) is 24.3 Å². The average molecular weight is 222 g/mol. The van der Waals surface area contributed by atoms with Gasteiger partial charge in [-0.25, -0.2) is 9.59 Å². The van der Waals surface area contributed by atoms with Crippen molar-refractivity contribution in [3.63, 3.8) is 0 Å². The Labute approximate surface area is 89.1 Å². The van der Waals surface area contributed by atoms with Gasteiger partial charge in [-0.1, -0.05) is 24.3 Å². The summed E-state index contributed by atoms with van der Waals surface area (Å²) in [6.45, 7) is 0. The Hall–Kier alpha value is -2.50. The fraction of sp³-hybridized carbons (Fsp3) is 0. The van der Waals surface area contributed by atoms with E-state index in [4.69, 9.17) is 10.2 Å². The number of ketones is 2. The van der Waals surface area contributed by atoms with E-state index in [9.17, 15) is 19.2 Å². The van der Waals surface area contributed by atoms with E-state index in [0.717, 1.165) is 12.1 Å². The third-order valence-electron chi connectivity index (χ3n) is 1.80. The Morgan fingerprint density at radius 1 is 0.750 bits per heavy atom. The number of rotatable bonds is 4. The average Bonchev–Trinajstić information content (AvgIpc) is 2.26. The molecule has 0 aliphatic carbocycles. The van der Waals surface area contributed by atoms with Gasteiger partial charge in [-0.2, -0.15) is 0 Å². The van der Waals surface area contributed by atoms with Crippen molar-refractivity contribution in [2.75, 3.05) is 0 Å². The van der Waals surface area contributed by atoms with Gasteiger partial charge in [0.05, 0.1) is 0 Å². The molecule has 0 spiro atoms. The van der Waals surface area contributed by atoms with Crippen molar-refractivity contribution >= 4 is 23.5 Å². The first-order valence-electron chi connectivity index (χ1n) is 4.09. The highest BCUT2D eigenvalue weighted by Crippen LogP contribution is 2.10. The maximum absolute atomic E-state index is 11.1. The van der Waals surface area contributed by atoms with Crippen molar-refractivity contribution in [2.45, 2.75) is 0 Å². The lowest BCUT2D eigenvalue weighted by molar-refractivity contribution is -0.132. The number of hydrogen-bond acceptors (Lipinski definition) is 4. The van der Waals surface area contributed by atoms with Crippen LogP contribution in [0.4, 0.5) is 0 Å². The molecule has 0 unspecified atom stereocenters. The van der Waals surface area contributed by atoms with E-state index in [-0.39, 0.29) is 0 Å². The number of Topliss-reactive ketones (excluding diaryl/α,β-unsaturated/α-hetero) is 2. The summed E-state index contributed by atoms with van der Waals surface area (Å²) in [6.07, 6.45) is 0. The number of hydrogen-bond donors (Lipinski definition) is 2. The molecule has 0 saturated heterocycles. The fourth-order valence-corrected chi connectivity index (χ4v) is 1.11. The fourth-order valence-electron chi connectivity index (χ4n) is 1.11. The van der Waals surface area contributed by atoms with Crippen molar-refractivity contribution < 1.29 is 29.4 Å². The first-order chi connectivity index (χ1) is 7.45. The predicted molar refractivity (Wildman–Crippen MR) is 50.4 cm³/mol. The molecular formula is C10H6O6. The van der Waals surface area contributed by atoms with Gasteiger partial charge in [-0.3, -0.25) is 9.59 Å². The highest BCUT2D eigenvalue weighted by atomic mass is 16.4. The lowest BCUT2D eigenvalue weighted by atomic mass is 10.0. The van der Waals surface area contributed by atoms with Crippen molar-refractivity contribution in [2.24, 2.45) is 0 Å². The standard InChI is InChI=1S/C10H6O6/c11-7(9(13)14)5-3-1-2-4-6(5)8(12)10(15)16/h1-4H,(H,13,14)(H,15,16). The highest BCUT2D eigenvalue weighted by Gasteiger charge is 2.24. The maximum Gasteiger partial charge on any atom is 0.377 e. The molecule has 0 saturated carbocycles. The molecule has 1 aromatic carbocycles. The van der Waals surface area contributed by atoms with Crippen LogP contribution < -0.4 is 0 Å². The Morgan fingerprint density at radius 2 is 1.06 bits per heavy atom. The van der Waals surface area contributed by atoms with Crippen molar-refractivity contribution in [3.8, 4) is 0 Å². The zero-order chi connectivity index (χ0) is 12.3. The van der Waals surface area contributed by atoms with Crippen LogP contribution in [0.25, 0.3) is 0 Å². The Morgan fingerprint density at radius 3 is 1.31 bits per heavy atom. The maximum atomic E-state index is 11.1. The second-order valence-electron chi connectivity index (χ2n) is 2.81. The first-order valence-corrected chi connectivity index (χ1v) is 4.09. The molecule has 0 amide bonds. The van der Waals surface area contributed by atoms with E-state index in [0.29, 0.717) is 0 Å². The molecule has 1 rings (SSSR count). The highest BCUT2D eigenvalue weighted by molar-refractivity contribution is 6.46. The SMILES string of the molecule is O=C(O)C(=O)c1ccccc1C(=O)C(=O)O. The quantitative estimate of drug-likeness (QED) is 0.557. The summed E-state index contributed by atoms with van der Waals surface area (Å²) in [5.74, 6) is -6.12. The van der Waals surface area contributed by atoms with E-state index < -0.39 is 34.6 Å². The van der Waals surface area contributed by atoms with E-state index in [1.807, 2.05) is 0 Å². The summed E-state index contributed by atoms with van der Waals surface area (Å²) in [5.41, 5.74) is -0.857. The molecule has 82 valence electrons. The lowest BCUT2D eigenvalue weighted by Crippen LogP contribution is -2.20. The summed E-state index contributed by atoms with van der Waals surface area (Å²) < 4.78 is 0. The Balaban J connectivity index is 3.31. The van der Waals surface area contributed by atoms with Gasteiger partial charge in [-0.15, -0.1) is 0 Å². The van der Waals surface area contributed by atoms with E-state index in [1.54, 1.807) is 0 Å². The third-order valence-corrected chi connectivity index (χ3v) is 1.80. The van der Waals surface area contributed by atoms with E-state index in [1.165, 1.54) is 12.1 Å². The largest absolute Gasteiger partial charge is 0.475 e.